The fourth-order valence-corrected chi connectivity index (χ4v) is 14.8. The second-order valence-corrected chi connectivity index (χ2v) is 26.0. The van der Waals surface area contributed by atoms with Gasteiger partial charge >= 0.3 is 0 Å². The quantitative estimate of drug-likeness (QED) is 0.0563. The zero-order chi connectivity index (χ0) is 64.6. The van der Waals surface area contributed by atoms with E-state index in [9.17, 15) is 0 Å². The number of benzene rings is 13. The Labute approximate surface area is 567 Å². The van der Waals surface area contributed by atoms with Crippen LogP contribution in [0.4, 0.5) is 34.1 Å². The van der Waals surface area contributed by atoms with Crippen molar-refractivity contribution >= 4 is 34.1 Å². The summed E-state index contributed by atoms with van der Waals surface area (Å²) in [5.74, 6) is 2.65. The molecule has 0 aromatic heterocycles. The molecule has 2 unspecified atom stereocenters. The second kappa shape index (κ2) is 27.9. The summed E-state index contributed by atoms with van der Waals surface area (Å²) < 4.78 is 12.9. The Kier molecular flexibility index (Phi) is 17.8. The van der Waals surface area contributed by atoms with Gasteiger partial charge in [0.05, 0.1) is 12.0 Å². The van der Waals surface area contributed by atoms with Crippen molar-refractivity contribution < 1.29 is 9.47 Å². The lowest BCUT2D eigenvalue weighted by molar-refractivity contribution is 0.306. The lowest BCUT2D eigenvalue weighted by Gasteiger charge is -2.34. The van der Waals surface area contributed by atoms with Crippen LogP contribution in [0, 0.1) is 0 Å². The Bertz CT molecular complexity index is 4460. The summed E-state index contributed by atoms with van der Waals surface area (Å²) in [6.07, 6.45) is 7.97. The summed E-state index contributed by atoms with van der Waals surface area (Å²) >= 11 is 0. The number of aryl methyl sites for hydroxylation is 3. The van der Waals surface area contributed by atoms with Crippen LogP contribution in [0.25, 0.3) is 33.4 Å². The van der Waals surface area contributed by atoms with Crippen molar-refractivity contribution in [3.8, 4) is 44.9 Å². The smallest absolute Gasteiger partial charge is 0.119 e. The highest BCUT2D eigenvalue weighted by atomic mass is 16.5. The normalized spacial score (nSPS) is 13.1. The molecule has 0 heterocycles. The third-order valence-corrected chi connectivity index (χ3v) is 20.1. The molecule has 0 aliphatic heterocycles. The minimum Gasteiger partial charge on any atom is -0.494 e. The predicted molar refractivity (Wildman–Crippen MR) is 400 cm³/mol. The van der Waals surface area contributed by atoms with Crippen LogP contribution in [0.2, 0.25) is 0 Å². The summed E-state index contributed by atoms with van der Waals surface area (Å²) in [7, 11) is 0. The van der Waals surface area contributed by atoms with Crippen molar-refractivity contribution in [1.82, 2.24) is 0 Å². The zero-order valence-electron chi connectivity index (χ0n) is 54.9. The van der Waals surface area contributed by atoms with E-state index < -0.39 is 5.41 Å². The molecule has 96 heavy (non-hydrogen) atoms. The van der Waals surface area contributed by atoms with Gasteiger partial charge < -0.3 is 19.3 Å². The molecular weight excluding hydrogens is 1170 g/mol. The molecule has 4 nitrogen and oxygen atoms in total. The Hall–Kier alpha value is -10.9. The number of anilines is 6. The molecule has 0 radical (unpaired) electrons. The number of para-hydroxylation sites is 4. The highest BCUT2D eigenvalue weighted by molar-refractivity contribution is 5.91. The lowest BCUT2D eigenvalue weighted by atomic mass is 9.67. The molecule has 2 atom stereocenters. The van der Waals surface area contributed by atoms with Gasteiger partial charge in [0.15, 0.2) is 0 Å². The van der Waals surface area contributed by atoms with E-state index >= 15 is 0 Å². The molecule has 2 aliphatic carbocycles. The minimum absolute atomic E-state index is 0.416. The van der Waals surface area contributed by atoms with Gasteiger partial charge in [-0.05, 0) is 255 Å². The molecule has 4 heteroatoms. The molecule has 2 aliphatic rings. The zero-order valence-corrected chi connectivity index (χ0v) is 54.9. The fourth-order valence-electron chi connectivity index (χ4n) is 14.8. The van der Waals surface area contributed by atoms with Crippen LogP contribution in [0.5, 0.6) is 11.5 Å². The van der Waals surface area contributed by atoms with Crippen LogP contribution in [-0.4, -0.2) is 6.61 Å². The maximum Gasteiger partial charge on any atom is 0.119 e. The van der Waals surface area contributed by atoms with Gasteiger partial charge in [0, 0.05) is 34.1 Å². The maximum atomic E-state index is 6.71. The number of rotatable bonds is 24. The maximum absolute atomic E-state index is 6.71. The molecular formula is C92H80N2O2. The number of fused-ring (bicyclic) bond motifs is 4. The Balaban J connectivity index is 0.697. The van der Waals surface area contributed by atoms with Gasteiger partial charge in [0.1, 0.15) is 18.1 Å². The van der Waals surface area contributed by atoms with E-state index in [1.54, 1.807) is 5.56 Å². The first kappa shape index (κ1) is 61.3. The van der Waals surface area contributed by atoms with E-state index in [0.717, 1.165) is 112 Å². The molecule has 0 fully saturated rings. The van der Waals surface area contributed by atoms with Crippen molar-refractivity contribution in [2.75, 3.05) is 16.4 Å². The van der Waals surface area contributed by atoms with E-state index in [1.165, 1.54) is 68.5 Å². The highest BCUT2D eigenvalue weighted by Gasteiger charge is 2.46. The van der Waals surface area contributed by atoms with Crippen LogP contribution in [0.15, 0.2) is 328 Å². The lowest BCUT2D eigenvalue weighted by Crippen LogP contribution is -2.28. The van der Waals surface area contributed by atoms with Crippen LogP contribution >= 0.6 is 0 Å². The number of nitrogens with zero attached hydrogens (tertiary/aromatic N) is 2. The van der Waals surface area contributed by atoms with Crippen LogP contribution in [0.3, 0.4) is 0 Å². The summed E-state index contributed by atoms with van der Waals surface area (Å²) in [5.41, 5.74) is 26.3. The monoisotopic (exact) mass is 1240 g/mol. The van der Waals surface area contributed by atoms with Crippen molar-refractivity contribution in [3.63, 3.8) is 0 Å². The van der Waals surface area contributed by atoms with E-state index in [-0.39, 0.29) is 0 Å². The number of unbranched alkanes of at least 4 members (excludes halogenated alkanes) is 1. The van der Waals surface area contributed by atoms with Crippen LogP contribution in [-0.2, 0) is 31.3 Å². The minimum atomic E-state index is -0.685. The Morgan fingerprint density at radius 2 is 0.792 bits per heavy atom. The molecule has 0 bridgehead atoms. The number of ether oxygens (including phenoxy) is 2. The Morgan fingerprint density at radius 3 is 1.27 bits per heavy atom. The summed E-state index contributed by atoms with van der Waals surface area (Å²) in [6, 6.07) is 120. The van der Waals surface area contributed by atoms with Gasteiger partial charge in [-0.25, -0.2) is 0 Å². The molecule has 15 rings (SSSR count). The standard InChI is InChI=1S/C92H80N2O2/c1-3-69(61-66(2)70-44-54-86(55-45-70)95-60-20-19-21-67-32-35-72-38-39-75(72)62-67)71-36-33-68(34-37-71)65-96-87-56-48-79(49-57-87)92(78-22-9-4-10-23-78)90-63-76(73-40-50-84(51-41-73)93(80-24-11-5-12-25-80)81-26-13-6-14-27-81)46-58-88(90)89-59-47-77(64-91(89)92)74-42-52-85(53-43-74)94(82-28-15-7-16-29-82)83-30-17-8-18-31-83/h4-18,22-37,40-59,62-64,66,69H,3,19-21,38-39,60-61,65H2,1-2H3. The van der Waals surface area contributed by atoms with E-state index in [2.05, 4.69) is 351 Å². The van der Waals surface area contributed by atoms with Crippen molar-refractivity contribution in [3.05, 3.63) is 383 Å². The van der Waals surface area contributed by atoms with Gasteiger partial charge in [0.2, 0.25) is 0 Å². The third-order valence-electron chi connectivity index (χ3n) is 20.1. The van der Waals surface area contributed by atoms with E-state index in [0.29, 0.717) is 18.4 Å². The van der Waals surface area contributed by atoms with Gasteiger partial charge in [-0.2, -0.15) is 0 Å². The average Bonchev–Trinajstić information content (AvgIpc) is 1.53. The largest absolute Gasteiger partial charge is 0.494 e. The van der Waals surface area contributed by atoms with Crippen LogP contribution in [0.1, 0.15) is 107 Å². The van der Waals surface area contributed by atoms with Gasteiger partial charge in [0.25, 0.3) is 0 Å². The highest BCUT2D eigenvalue weighted by Crippen LogP contribution is 2.58. The summed E-state index contributed by atoms with van der Waals surface area (Å²) in [5, 5.41) is 0. The molecule has 13 aromatic rings. The van der Waals surface area contributed by atoms with Crippen LogP contribution < -0.4 is 19.3 Å². The molecule has 0 saturated carbocycles. The van der Waals surface area contributed by atoms with Gasteiger partial charge in [-0.3, -0.25) is 0 Å². The molecule has 0 N–H and O–H groups in total. The van der Waals surface area contributed by atoms with E-state index in [4.69, 9.17) is 9.47 Å². The van der Waals surface area contributed by atoms with Crippen molar-refractivity contribution in [2.45, 2.75) is 82.7 Å². The van der Waals surface area contributed by atoms with Crippen molar-refractivity contribution in [2.24, 2.45) is 0 Å². The number of hydrogen-bond donors (Lipinski definition) is 0. The average molecular weight is 1250 g/mol. The van der Waals surface area contributed by atoms with Crippen molar-refractivity contribution in [1.29, 1.82) is 0 Å². The van der Waals surface area contributed by atoms with E-state index in [1.807, 2.05) is 0 Å². The summed E-state index contributed by atoms with van der Waals surface area (Å²) in [6.45, 7) is 5.90. The molecule has 13 aromatic carbocycles. The first-order valence-corrected chi connectivity index (χ1v) is 34.5. The fraction of sp³-hybridized carbons (Fsp3) is 0.152. The topological polar surface area (TPSA) is 24.9 Å². The predicted octanol–water partition coefficient (Wildman–Crippen LogP) is 24.1. The van der Waals surface area contributed by atoms with Gasteiger partial charge in [-0.15, -0.1) is 0 Å². The first-order valence-electron chi connectivity index (χ1n) is 34.5. The number of hydrogen-bond acceptors (Lipinski definition) is 4. The Morgan fingerprint density at radius 1 is 0.365 bits per heavy atom. The third kappa shape index (κ3) is 12.7. The first-order chi connectivity index (χ1) is 47.4. The molecule has 0 saturated heterocycles. The second-order valence-electron chi connectivity index (χ2n) is 26.0. The van der Waals surface area contributed by atoms with Gasteiger partial charge in [-0.1, -0.05) is 232 Å². The summed E-state index contributed by atoms with van der Waals surface area (Å²) in [4.78, 5) is 4.64. The molecule has 0 amide bonds. The SMILES string of the molecule is CCC(CC(C)c1ccc(OCCCCc2ccc3c(c2)CC3)cc1)c1ccc(COc2ccc(C3(c4ccccc4)c4cc(-c5ccc(N(c6ccccc6)c6ccccc6)cc5)ccc4-c4ccc(-c5ccc(N(c6ccccc6)c6ccccc6)cc5)cc43)cc2)cc1. The molecule has 470 valence electrons. The molecule has 0 spiro atoms.